The van der Waals surface area contributed by atoms with Crippen LogP contribution in [0.1, 0.15) is 18.1 Å². The van der Waals surface area contributed by atoms with Gasteiger partial charge in [0.2, 0.25) is 0 Å². The maximum atomic E-state index is 8.92. The van der Waals surface area contributed by atoms with Crippen LogP contribution in [0.15, 0.2) is 23.1 Å². The standard InChI is InChI=1S/C12H18OS/c1-9-4-5-11(3)12(6-9)14-8-10(2)7-13/h4-6,10,13H,7-8H2,1-3H3. The first-order valence-electron chi connectivity index (χ1n) is 4.94. The van der Waals surface area contributed by atoms with Crippen LogP contribution in [0.2, 0.25) is 0 Å². The lowest BCUT2D eigenvalue weighted by atomic mass is 10.2. The van der Waals surface area contributed by atoms with Crippen LogP contribution < -0.4 is 0 Å². The van der Waals surface area contributed by atoms with Crippen LogP contribution >= 0.6 is 11.8 Å². The Labute approximate surface area is 90.5 Å². The van der Waals surface area contributed by atoms with E-state index < -0.39 is 0 Å². The summed E-state index contributed by atoms with van der Waals surface area (Å²) in [6.07, 6.45) is 0. The maximum absolute atomic E-state index is 8.92. The van der Waals surface area contributed by atoms with Gasteiger partial charge in [-0.1, -0.05) is 24.6 Å². The molecule has 0 aromatic heterocycles. The van der Waals surface area contributed by atoms with E-state index in [0.717, 1.165) is 5.75 Å². The summed E-state index contributed by atoms with van der Waals surface area (Å²) in [6, 6.07) is 6.50. The number of benzene rings is 1. The van der Waals surface area contributed by atoms with Crippen molar-refractivity contribution in [2.24, 2.45) is 5.92 Å². The normalized spacial score (nSPS) is 12.9. The molecule has 1 atom stereocenters. The van der Waals surface area contributed by atoms with E-state index >= 15 is 0 Å². The van der Waals surface area contributed by atoms with Crippen molar-refractivity contribution in [2.45, 2.75) is 25.7 Å². The predicted molar refractivity (Wildman–Crippen MR) is 62.9 cm³/mol. The van der Waals surface area contributed by atoms with E-state index in [0.29, 0.717) is 5.92 Å². The first-order chi connectivity index (χ1) is 6.63. The topological polar surface area (TPSA) is 20.2 Å². The summed E-state index contributed by atoms with van der Waals surface area (Å²) in [5.41, 5.74) is 2.63. The van der Waals surface area contributed by atoms with E-state index in [1.165, 1.54) is 16.0 Å². The summed E-state index contributed by atoms with van der Waals surface area (Å²) in [4.78, 5) is 1.34. The largest absolute Gasteiger partial charge is 0.396 e. The molecule has 0 aliphatic rings. The second-order valence-corrected chi connectivity index (χ2v) is 4.93. The van der Waals surface area contributed by atoms with Gasteiger partial charge in [-0.25, -0.2) is 0 Å². The van der Waals surface area contributed by atoms with Crippen molar-refractivity contribution in [2.75, 3.05) is 12.4 Å². The lowest BCUT2D eigenvalue weighted by molar-refractivity contribution is 0.250. The molecule has 0 heterocycles. The van der Waals surface area contributed by atoms with Crippen molar-refractivity contribution in [3.63, 3.8) is 0 Å². The molecular formula is C12H18OS. The summed E-state index contributed by atoms with van der Waals surface area (Å²) < 4.78 is 0. The fraction of sp³-hybridized carbons (Fsp3) is 0.500. The van der Waals surface area contributed by atoms with Crippen molar-refractivity contribution in [3.05, 3.63) is 29.3 Å². The highest BCUT2D eigenvalue weighted by molar-refractivity contribution is 7.99. The van der Waals surface area contributed by atoms with Gasteiger partial charge in [0.15, 0.2) is 0 Å². The monoisotopic (exact) mass is 210 g/mol. The van der Waals surface area contributed by atoms with Gasteiger partial charge in [-0.3, -0.25) is 0 Å². The van der Waals surface area contributed by atoms with Crippen LogP contribution in [0.25, 0.3) is 0 Å². The molecule has 0 fully saturated rings. The van der Waals surface area contributed by atoms with Gasteiger partial charge in [0.1, 0.15) is 0 Å². The van der Waals surface area contributed by atoms with Gasteiger partial charge in [-0.2, -0.15) is 0 Å². The number of aryl methyl sites for hydroxylation is 2. The summed E-state index contributed by atoms with van der Waals surface area (Å²) in [5, 5.41) is 8.92. The van der Waals surface area contributed by atoms with E-state index in [2.05, 4.69) is 39.0 Å². The van der Waals surface area contributed by atoms with Gasteiger partial charge in [0.25, 0.3) is 0 Å². The third-order valence-corrected chi connectivity index (χ3v) is 3.67. The molecule has 1 nitrogen and oxygen atoms in total. The van der Waals surface area contributed by atoms with E-state index in [1.807, 2.05) is 11.8 Å². The molecule has 1 aromatic carbocycles. The minimum absolute atomic E-state index is 0.276. The number of hydrogen-bond donors (Lipinski definition) is 1. The fourth-order valence-electron chi connectivity index (χ4n) is 1.15. The molecule has 0 amide bonds. The smallest absolute Gasteiger partial charge is 0.0464 e. The summed E-state index contributed by atoms with van der Waals surface area (Å²) in [5.74, 6) is 1.36. The third kappa shape index (κ3) is 3.35. The Morgan fingerprint density at radius 1 is 1.36 bits per heavy atom. The molecule has 0 spiro atoms. The van der Waals surface area contributed by atoms with Gasteiger partial charge >= 0.3 is 0 Å². The number of aliphatic hydroxyl groups excluding tert-OH is 1. The molecule has 1 aromatic rings. The summed E-state index contributed by atoms with van der Waals surface area (Å²) in [7, 11) is 0. The number of thioether (sulfide) groups is 1. The van der Waals surface area contributed by atoms with E-state index in [-0.39, 0.29) is 6.61 Å². The second kappa shape index (κ2) is 5.42. The number of rotatable bonds is 4. The molecule has 2 heteroatoms. The molecule has 14 heavy (non-hydrogen) atoms. The van der Waals surface area contributed by atoms with Gasteiger partial charge < -0.3 is 5.11 Å². The van der Waals surface area contributed by atoms with Crippen LogP contribution in [0.5, 0.6) is 0 Å². The summed E-state index contributed by atoms with van der Waals surface area (Å²) >= 11 is 1.83. The van der Waals surface area contributed by atoms with E-state index in [9.17, 15) is 0 Å². The average molecular weight is 210 g/mol. The highest BCUT2D eigenvalue weighted by atomic mass is 32.2. The Morgan fingerprint density at radius 2 is 2.07 bits per heavy atom. The van der Waals surface area contributed by atoms with Gasteiger partial charge in [0, 0.05) is 17.3 Å². The molecule has 1 unspecified atom stereocenters. The minimum Gasteiger partial charge on any atom is -0.396 e. The Morgan fingerprint density at radius 3 is 2.71 bits per heavy atom. The molecule has 0 aliphatic heterocycles. The molecule has 0 aliphatic carbocycles. The van der Waals surface area contributed by atoms with Crippen LogP contribution in [0.4, 0.5) is 0 Å². The Hall–Kier alpha value is -0.470. The molecule has 0 saturated heterocycles. The highest BCUT2D eigenvalue weighted by Crippen LogP contribution is 2.25. The van der Waals surface area contributed by atoms with Crippen molar-refractivity contribution in [1.29, 1.82) is 0 Å². The second-order valence-electron chi connectivity index (χ2n) is 3.87. The molecule has 0 bridgehead atoms. The first kappa shape index (κ1) is 11.6. The van der Waals surface area contributed by atoms with Crippen LogP contribution in [-0.4, -0.2) is 17.5 Å². The SMILES string of the molecule is Cc1ccc(C)c(SCC(C)CO)c1. The zero-order chi connectivity index (χ0) is 10.6. The third-order valence-electron chi connectivity index (χ3n) is 2.18. The zero-order valence-electron chi connectivity index (χ0n) is 9.08. The molecule has 1 N–H and O–H groups in total. The van der Waals surface area contributed by atoms with Gasteiger partial charge in [-0.05, 0) is 31.4 Å². The van der Waals surface area contributed by atoms with Crippen LogP contribution in [0.3, 0.4) is 0 Å². The van der Waals surface area contributed by atoms with Crippen molar-refractivity contribution < 1.29 is 5.11 Å². The molecule has 0 radical (unpaired) electrons. The molecule has 1 rings (SSSR count). The van der Waals surface area contributed by atoms with Crippen LogP contribution in [-0.2, 0) is 0 Å². The number of aliphatic hydroxyl groups is 1. The maximum Gasteiger partial charge on any atom is 0.0464 e. The van der Waals surface area contributed by atoms with Crippen molar-refractivity contribution in [3.8, 4) is 0 Å². The molecule has 78 valence electrons. The Bertz CT molecular complexity index is 296. The van der Waals surface area contributed by atoms with E-state index in [1.54, 1.807) is 0 Å². The van der Waals surface area contributed by atoms with Gasteiger partial charge in [-0.15, -0.1) is 11.8 Å². The zero-order valence-corrected chi connectivity index (χ0v) is 9.90. The average Bonchev–Trinajstić information content (AvgIpc) is 2.19. The molecular weight excluding hydrogens is 192 g/mol. The molecule has 0 saturated carbocycles. The Balaban J connectivity index is 2.62. The quantitative estimate of drug-likeness (QED) is 0.771. The first-order valence-corrected chi connectivity index (χ1v) is 5.93. The minimum atomic E-state index is 0.276. The summed E-state index contributed by atoms with van der Waals surface area (Å²) in [6.45, 7) is 6.58. The lowest BCUT2D eigenvalue weighted by Crippen LogP contribution is -2.03. The predicted octanol–water partition coefficient (Wildman–Crippen LogP) is 3.02. The van der Waals surface area contributed by atoms with Gasteiger partial charge in [0.05, 0.1) is 0 Å². The lowest BCUT2D eigenvalue weighted by Gasteiger charge is -2.09. The van der Waals surface area contributed by atoms with Crippen molar-refractivity contribution in [1.82, 2.24) is 0 Å². The number of hydrogen-bond acceptors (Lipinski definition) is 2. The van der Waals surface area contributed by atoms with Crippen LogP contribution in [0, 0.1) is 19.8 Å². The van der Waals surface area contributed by atoms with E-state index in [4.69, 9.17) is 5.11 Å². The van der Waals surface area contributed by atoms with Crippen molar-refractivity contribution >= 4 is 11.8 Å². The Kier molecular flexibility index (Phi) is 4.49. The highest BCUT2D eigenvalue weighted by Gasteiger charge is 2.03. The fourth-order valence-corrected chi connectivity index (χ4v) is 2.28.